The molecule has 1 aliphatic carbocycles. The van der Waals surface area contributed by atoms with Gasteiger partial charge < -0.3 is 9.69 Å². The molecule has 0 radical (unpaired) electrons. The van der Waals surface area contributed by atoms with E-state index in [1.54, 1.807) is 0 Å². The lowest BCUT2D eigenvalue weighted by Gasteiger charge is -2.28. The summed E-state index contributed by atoms with van der Waals surface area (Å²) in [6.07, 6.45) is 19.9. The van der Waals surface area contributed by atoms with E-state index >= 15 is 0 Å². The van der Waals surface area contributed by atoms with Crippen LogP contribution in [0.2, 0.25) is 0 Å². The predicted octanol–water partition coefficient (Wildman–Crippen LogP) is 4.70. The Morgan fingerprint density at radius 2 is 2.13 bits per heavy atom. The van der Waals surface area contributed by atoms with Crippen molar-refractivity contribution in [2.45, 2.75) is 44.9 Å². The quantitative estimate of drug-likeness (QED) is 0.501. The van der Waals surface area contributed by atoms with Crippen molar-refractivity contribution in [2.75, 3.05) is 20.1 Å². The molecule has 0 saturated carbocycles. The van der Waals surface area contributed by atoms with E-state index in [4.69, 9.17) is 0 Å². The fraction of sp³-hybridized carbons (Fsp3) is 0.571. The van der Waals surface area contributed by atoms with Crippen molar-refractivity contribution in [1.82, 2.24) is 4.90 Å². The summed E-state index contributed by atoms with van der Waals surface area (Å²) in [7, 11) is 2.22. The lowest BCUT2D eigenvalue weighted by Crippen LogP contribution is -2.30. The number of hydrogen-bond donors (Lipinski definition) is 0. The second-order valence-electron chi connectivity index (χ2n) is 6.98. The van der Waals surface area contributed by atoms with Crippen LogP contribution in [0.3, 0.4) is 0 Å². The van der Waals surface area contributed by atoms with Crippen LogP contribution in [0.5, 0.6) is 0 Å². The van der Waals surface area contributed by atoms with Gasteiger partial charge in [0, 0.05) is 5.92 Å². The molecule has 1 unspecified atom stereocenters. The molecular formula is C21H31NO. The molecule has 2 nitrogen and oxygen atoms in total. The first-order valence-corrected chi connectivity index (χ1v) is 9.05. The minimum atomic E-state index is 0.217. The number of allylic oxidation sites excluding steroid dienone is 7. The number of aldehydes is 1. The highest BCUT2D eigenvalue weighted by Gasteiger charge is 2.15. The van der Waals surface area contributed by atoms with E-state index in [-0.39, 0.29) is 5.92 Å². The molecule has 0 N–H and O–H groups in total. The molecule has 2 aliphatic rings. The lowest BCUT2D eigenvalue weighted by molar-refractivity contribution is -0.111. The van der Waals surface area contributed by atoms with Crippen molar-refractivity contribution in [3.63, 3.8) is 0 Å². The van der Waals surface area contributed by atoms with Crippen LogP contribution in [0, 0.1) is 11.8 Å². The molecule has 0 bridgehead atoms. The van der Waals surface area contributed by atoms with E-state index in [0.717, 1.165) is 31.5 Å². The Bertz CT molecular complexity index is 478. The molecule has 0 aromatic rings. The molecular weight excluding hydrogens is 282 g/mol. The summed E-state index contributed by atoms with van der Waals surface area (Å²) in [6.45, 7) is 6.45. The van der Waals surface area contributed by atoms with Crippen LogP contribution in [0.1, 0.15) is 44.9 Å². The van der Waals surface area contributed by atoms with Crippen molar-refractivity contribution >= 4 is 6.29 Å². The predicted molar refractivity (Wildman–Crippen MR) is 98.4 cm³/mol. The van der Waals surface area contributed by atoms with Gasteiger partial charge >= 0.3 is 0 Å². The number of likely N-dealkylation sites (tertiary alicyclic amines) is 1. The average molecular weight is 313 g/mol. The molecule has 0 spiro atoms. The van der Waals surface area contributed by atoms with Crippen LogP contribution in [0.25, 0.3) is 0 Å². The monoisotopic (exact) mass is 313 g/mol. The maximum absolute atomic E-state index is 10.8. The molecule has 1 heterocycles. The Kier molecular flexibility index (Phi) is 7.54. The highest BCUT2D eigenvalue weighted by atomic mass is 16.1. The molecule has 0 aromatic heterocycles. The van der Waals surface area contributed by atoms with Crippen LogP contribution in [0.15, 0.2) is 48.1 Å². The van der Waals surface area contributed by atoms with E-state index in [0.29, 0.717) is 0 Å². The summed E-state index contributed by atoms with van der Waals surface area (Å²) in [5.74, 6) is 1.12. The topological polar surface area (TPSA) is 20.3 Å². The zero-order chi connectivity index (χ0) is 16.5. The molecule has 1 aliphatic heterocycles. The van der Waals surface area contributed by atoms with Crippen LogP contribution >= 0.6 is 0 Å². The van der Waals surface area contributed by atoms with Gasteiger partial charge in [-0.25, -0.2) is 0 Å². The van der Waals surface area contributed by atoms with Gasteiger partial charge in [-0.2, -0.15) is 0 Å². The second kappa shape index (κ2) is 9.67. The van der Waals surface area contributed by atoms with Crippen molar-refractivity contribution in [2.24, 2.45) is 11.8 Å². The van der Waals surface area contributed by atoms with E-state index in [9.17, 15) is 4.79 Å². The van der Waals surface area contributed by atoms with Crippen LogP contribution in [-0.2, 0) is 4.79 Å². The lowest BCUT2D eigenvalue weighted by atomic mass is 9.87. The van der Waals surface area contributed by atoms with Gasteiger partial charge in [0.25, 0.3) is 0 Å². The minimum Gasteiger partial charge on any atom is -0.306 e. The first kappa shape index (κ1) is 17.9. The number of nitrogens with zero attached hydrogens (tertiary/aromatic N) is 1. The standard InChI is InChI=1S/C21H31NO/c1-3-20(21-11-9-19(17-23)10-12-21)8-6-4-5-7-18-13-15-22(2)16-14-18/h3-4,6,8,11,17-19H,1,5,7,9-10,12-16H2,2H3/b6-4+,20-8+. The molecule has 2 heteroatoms. The van der Waals surface area contributed by atoms with E-state index in [2.05, 4.69) is 42.8 Å². The molecule has 2 rings (SSSR count). The van der Waals surface area contributed by atoms with Gasteiger partial charge in [0.15, 0.2) is 0 Å². The van der Waals surface area contributed by atoms with Crippen molar-refractivity contribution in [3.05, 3.63) is 48.1 Å². The van der Waals surface area contributed by atoms with Crippen molar-refractivity contribution in [3.8, 4) is 0 Å². The summed E-state index contributed by atoms with van der Waals surface area (Å²) in [5.41, 5.74) is 2.56. The van der Waals surface area contributed by atoms with Crippen molar-refractivity contribution < 1.29 is 4.79 Å². The summed E-state index contributed by atoms with van der Waals surface area (Å²) in [6, 6.07) is 0. The number of piperidine rings is 1. The second-order valence-corrected chi connectivity index (χ2v) is 6.98. The Hall–Kier alpha value is -1.41. The molecule has 1 saturated heterocycles. The smallest absolute Gasteiger partial charge is 0.123 e. The fourth-order valence-electron chi connectivity index (χ4n) is 3.50. The van der Waals surface area contributed by atoms with Crippen molar-refractivity contribution in [1.29, 1.82) is 0 Å². The molecule has 1 atom stereocenters. The highest BCUT2D eigenvalue weighted by molar-refractivity contribution is 5.55. The third-order valence-electron chi connectivity index (χ3n) is 5.23. The van der Waals surface area contributed by atoms with Crippen LogP contribution in [0.4, 0.5) is 0 Å². The van der Waals surface area contributed by atoms with Crippen LogP contribution in [-0.4, -0.2) is 31.3 Å². The van der Waals surface area contributed by atoms with E-state index in [1.165, 1.54) is 49.9 Å². The Balaban J connectivity index is 1.77. The zero-order valence-electron chi connectivity index (χ0n) is 14.5. The average Bonchev–Trinajstić information content (AvgIpc) is 2.60. The maximum atomic E-state index is 10.8. The first-order valence-electron chi connectivity index (χ1n) is 9.05. The summed E-state index contributed by atoms with van der Waals surface area (Å²) < 4.78 is 0. The summed E-state index contributed by atoms with van der Waals surface area (Å²) >= 11 is 0. The zero-order valence-corrected chi connectivity index (χ0v) is 14.5. The maximum Gasteiger partial charge on any atom is 0.123 e. The van der Waals surface area contributed by atoms with Gasteiger partial charge in [-0.1, -0.05) is 37.0 Å². The van der Waals surface area contributed by atoms with Gasteiger partial charge in [0.2, 0.25) is 0 Å². The SMILES string of the molecule is C=C/C(=C\C=C\CCC1CCN(C)CC1)C1=CCC(C=O)CC1. The first-order chi connectivity index (χ1) is 11.2. The highest BCUT2D eigenvalue weighted by Crippen LogP contribution is 2.27. The number of hydrogen-bond acceptors (Lipinski definition) is 2. The van der Waals surface area contributed by atoms with Gasteiger partial charge in [0.05, 0.1) is 0 Å². The van der Waals surface area contributed by atoms with Crippen LogP contribution < -0.4 is 0 Å². The Labute approximate surface area is 141 Å². The normalized spacial score (nSPS) is 24.7. The number of carbonyl (C=O) groups is 1. The molecule has 1 fully saturated rings. The molecule has 126 valence electrons. The molecule has 0 amide bonds. The van der Waals surface area contributed by atoms with Gasteiger partial charge in [-0.3, -0.25) is 0 Å². The summed E-state index contributed by atoms with van der Waals surface area (Å²) in [5, 5.41) is 0. The molecule has 0 aromatic carbocycles. The Morgan fingerprint density at radius 1 is 1.35 bits per heavy atom. The van der Waals surface area contributed by atoms with Gasteiger partial charge in [-0.05, 0) is 82.1 Å². The summed E-state index contributed by atoms with van der Waals surface area (Å²) in [4.78, 5) is 13.2. The van der Waals surface area contributed by atoms with Gasteiger partial charge in [-0.15, -0.1) is 0 Å². The van der Waals surface area contributed by atoms with Gasteiger partial charge in [0.1, 0.15) is 6.29 Å². The number of carbonyl (C=O) groups excluding carboxylic acids is 1. The largest absolute Gasteiger partial charge is 0.306 e. The fourth-order valence-corrected chi connectivity index (χ4v) is 3.50. The number of rotatable bonds is 7. The van der Waals surface area contributed by atoms with E-state index in [1.807, 2.05) is 6.08 Å². The third kappa shape index (κ3) is 5.95. The third-order valence-corrected chi connectivity index (χ3v) is 5.23. The molecule has 23 heavy (non-hydrogen) atoms. The van der Waals surface area contributed by atoms with E-state index < -0.39 is 0 Å². The Morgan fingerprint density at radius 3 is 2.74 bits per heavy atom. The minimum absolute atomic E-state index is 0.217.